The van der Waals surface area contributed by atoms with Crippen LogP contribution in [0.5, 0.6) is 5.88 Å². The zero-order valence-electron chi connectivity index (χ0n) is 19.6. The highest BCUT2D eigenvalue weighted by Gasteiger charge is 2.32. The van der Waals surface area contributed by atoms with E-state index in [0.29, 0.717) is 24.0 Å². The van der Waals surface area contributed by atoms with E-state index in [9.17, 15) is 13.2 Å². The van der Waals surface area contributed by atoms with E-state index in [0.717, 1.165) is 57.2 Å². The molecule has 0 aliphatic carbocycles. The molecule has 0 unspecified atom stereocenters. The number of aromatic nitrogens is 3. The summed E-state index contributed by atoms with van der Waals surface area (Å²) >= 11 is 0. The fourth-order valence-corrected chi connectivity index (χ4v) is 4.12. The number of halogens is 3. The summed E-state index contributed by atoms with van der Waals surface area (Å²) in [5, 5.41) is 11.4. The molecule has 2 aliphatic rings. The van der Waals surface area contributed by atoms with Crippen LogP contribution in [0.3, 0.4) is 0 Å². The highest BCUT2D eigenvalue weighted by Crippen LogP contribution is 2.27. The second-order valence-electron chi connectivity index (χ2n) is 8.83. The smallest absolute Gasteiger partial charge is 0.433 e. The predicted molar refractivity (Wildman–Crippen MR) is 128 cm³/mol. The lowest BCUT2D eigenvalue weighted by molar-refractivity contribution is -0.141. The summed E-state index contributed by atoms with van der Waals surface area (Å²) in [6, 6.07) is 14.8. The minimum absolute atomic E-state index is 0.0446. The number of anilines is 2. The molecule has 2 saturated heterocycles. The van der Waals surface area contributed by atoms with E-state index < -0.39 is 11.9 Å². The standard InChI is InChI=1S/C25H27F3N6O2/c26-25(27,28)22-6-3-19(14-29-22)15-36-24-8-7-23(31-32-24)30-13-18-1-4-20(5-2-18)33-9-11-34(12-10-33)21-16-35-17-21/h1-8,14,21H,9-13,15-17H2,(H,30,31). The van der Waals surface area contributed by atoms with E-state index in [-0.39, 0.29) is 12.5 Å². The highest BCUT2D eigenvalue weighted by molar-refractivity contribution is 5.48. The second kappa shape index (κ2) is 10.7. The summed E-state index contributed by atoms with van der Waals surface area (Å²) in [7, 11) is 0. The van der Waals surface area contributed by atoms with Crippen molar-refractivity contribution in [3.05, 3.63) is 71.5 Å². The lowest BCUT2D eigenvalue weighted by atomic mass is 10.1. The van der Waals surface area contributed by atoms with Crippen LogP contribution in [0.1, 0.15) is 16.8 Å². The molecule has 3 aromatic rings. The van der Waals surface area contributed by atoms with Gasteiger partial charge in [-0.3, -0.25) is 9.88 Å². The molecule has 1 aromatic carbocycles. The number of nitrogens with zero attached hydrogens (tertiary/aromatic N) is 5. The number of alkyl halides is 3. The van der Waals surface area contributed by atoms with Crippen LogP contribution in [0, 0.1) is 0 Å². The molecule has 8 nitrogen and oxygen atoms in total. The van der Waals surface area contributed by atoms with Crippen molar-refractivity contribution >= 4 is 11.5 Å². The summed E-state index contributed by atoms with van der Waals surface area (Å²) in [6.45, 7) is 6.55. The molecule has 190 valence electrons. The van der Waals surface area contributed by atoms with Crippen LogP contribution >= 0.6 is 0 Å². The van der Waals surface area contributed by atoms with Crippen molar-refractivity contribution < 1.29 is 22.6 Å². The molecule has 36 heavy (non-hydrogen) atoms. The number of pyridine rings is 1. The Labute approximate surface area is 207 Å². The average Bonchev–Trinajstić information content (AvgIpc) is 2.86. The maximum Gasteiger partial charge on any atom is 0.433 e. The van der Waals surface area contributed by atoms with Gasteiger partial charge in [-0.2, -0.15) is 13.2 Å². The largest absolute Gasteiger partial charge is 0.472 e. The molecule has 2 aromatic heterocycles. The molecule has 1 N–H and O–H groups in total. The molecule has 4 heterocycles. The molecule has 0 atom stereocenters. The molecule has 11 heteroatoms. The molecular formula is C25H27F3N6O2. The highest BCUT2D eigenvalue weighted by atomic mass is 19.4. The second-order valence-corrected chi connectivity index (χ2v) is 8.83. The van der Waals surface area contributed by atoms with Gasteiger partial charge in [-0.25, -0.2) is 0 Å². The molecule has 0 amide bonds. The summed E-state index contributed by atoms with van der Waals surface area (Å²) in [5.74, 6) is 0.869. The zero-order chi connectivity index (χ0) is 25.0. The van der Waals surface area contributed by atoms with Crippen molar-refractivity contribution in [1.82, 2.24) is 20.1 Å². The Morgan fingerprint density at radius 2 is 1.67 bits per heavy atom. The Morgan fingerprint density at radius 1 is 0.917 bits per heavy atom. The Hall–Kier alpha value is -3.44. The van der Waals surface area contributed by atoms with Crippen molar-refractivity contribution in [3.63, 3.8) is 0 Å². The number of rotatable bonds is 8. The first-order valence-corrected chi connectivity index (χ1v) is 11.8. The number of ether oxygens (including phenoxy) is 2. The van der Waals surface area contributed by atoms with Gasteiger partial charge >= 0.3 is 6.18 Å². The fourth-order valence-electron chi connectivity index (χ4n) is 4.12. The third-order valence-corrected chi connectivity index (χ3v) is 6.37. The van der Waals surface area contributed by atoms with Crippen molar-refractivity contribution in [2.75, 3.05) is 49.6 Å². The van der Waals surface area contributed by atoms with Gasteiger partial charge in [0.15, 0.2) is 0 Å². The minimum Gasteiger partial charge on any atom is -0.472 e. The van der Waals surface area contributed by atoms with Gasteiger partial charge in [-0.15, -0.1) is 10.2 Å². The van der Waals surface area contributed by atoms with Crippen LogP contribution in [-0.2, 0) is 24.1 Å². The first-order valence-electron chi connectivity index (χ1n) is 11.8. The number of hydrogen-bond donors (Lipinski definition) is 1. The molecule has 2 fully saturated rings. The first-order chi connectivity index (χ1) is 17.4. The zero-order valence-corrected chi connectivity index (χ0v) is 19.6. The van der Waals surface area contributed by atoms with Crippen molar-refractivity contribution in [2.24, 2.45) is 0 Å². The fraction of sp³-hybridized carbons (Fsp3) is 0.400. The van der Waals surface area contributed by atoms with Gasteiger partial charge in [0.2, 0.25) is 5.88 Å². The first kappa shape index (κ1) is 24.3. The van der Waals surface area contributed by atoms with E-state index in [1.807, 2.05) is 0 Å². The number of hydrogen-bond acceptors (Lipinski definition) is 8. The van der Waals surface area contributed by atoms with E-state index in [2.05, 4.69) is 54.6 Å². The third-order valence-electron chi connectivity index (χ3n) is 6.37. The topological polar surface area (TPSA) is 75.6 Å². The van der Waals surface area contributed by atoms with E-state index in [4.69, 9.17) is 9.47 Å². The van der Waals surface area contributed by atoms with Crippen molar-refractivity contribution in [3.8, 4) is 5.88 Å². The van der Waals surface area contributed by atoms with Crippen LogP contribution < -0.4 is 15.0 Å². The molecule has 0 saturated carbocycles. The SMILES string of the molecule is FC(F)(F)c1ccc(COc2ccc(NCc3ccc(N4CCN(C5COC5)CC4)cc3)nn2)cn1. The van der Waals surface area contributed by atoms with Gasteiger partial charge in [0.05, 0.1) is 19.3 Å². The maximum atomic E-state index is 12.6. The maximum absolute atomic E-state index is 12.6. The van der Waals surface area contributed by atoms with Crippen LogP contribution in [0.25, 0.3) is 0 Å². The Bertz CT molecular complexity index is 1110. The van der Waals surface area contributed by atoms with E-state index in [1.165, 1.54) is 11.8 Å². The summed E-state index contributed by atoms with van der Waals surface area (Å²) in [6.07, 6.45) is -3.32. The predicted octanol–water partition coefficient (Wildman–Crippen LogP) is 3.60. The summed E-state index contributed by atoms with van der Waals surface area (Å²) in [4.78, 5) is 8.35. The van der Waals surface area contributed by atoms with E-state index >= 15 is 0 Å². The number of benzene rings is 1. The van der Waals surface area contributed by atoms with Gasteiger partial charge in [-0.1, -0.05) is 18.2 Å². The van der Waals surface area contributed by atoms with Gasteiger partial charge in [0, 0.05) is 56.2 Å². The minimum atomic E-state index is -4.46. The lowest BCUT2D eigenvalue weighted by Gasteiger charge is -2.43. The molecule has 5 rings (SSSR count). The quantitative estimate of drug-likeness (QED) is 0.503. The lowest BCUT2D eigenvalue weighted by Crippen LogP contribution is -2.56. The summed E-state index contributed by atoms with van der Waals surface area (Å²) < 4.78 is 48.6. The number of piperazine rings is 1. The van der Waals surface area contributed by atoms with Crippen molar-refractivity contribution in [2.45, 2.75) is 25.4 Å². The normalized spacial score (nSPS) is 17.0. The van der Waals surface area contributed by atoms with Crippen LogP contribution in [0.4, 0.5) is 24.7 Å². The summed E-state index contributed by atoms with van der Waals surface area (Å²) in [5.41, 5.74) is 1.92. The monoisotopic (exact) mass is 500 g/mol. The average molecular weight is 501 g/mol. The van der Waals surface area contributed by atoms with Gasteiger partial charge < -0.3 is 19.7 Å². The van der Waals surface area contributed by atoms with E-state index in [1.54, 1.807) is 12.1 Å². The third kappa shape index (κ3) is 6.03. The number of nitrogens with one attached hydrogen (secondary N) is 1. The Morgan fingerprint density at radius 3 is 2.25 bits per heavy atom. The molecule has 0 radical (unpaired) electrons. The molecule has 0 bridgehead atoms. The van der Waals surface area contributed by atoms with Crippen molar-refractivity contribution in [1.29, 1.82) is 0 Å². The molecular weight excluding hydrogens is 473 g/mol. The van der Waals surface area contributed by atoms with Gasteiger partial charge in [-0.05, 0) is 29.8 Å². The molecule has 0 spiro atoms. The van der Waals surface area contributed by atoms with Crippen LogP contribution in [-0.4, -0.2) is 65.5 Å². The van der Waals surface area contributed by atoms with Gasteiger partial charge in [0.25, 0.3) is 0 Å². The van der Waals surface area contributed by atoms with Crippen LogP contribution in [0.2, 0.25) is 0 Å². The van der Waals surface area contributed by atoms with Gasteiger partial charge in [0.1, 0.15) is 18.1 Å². The Balaban J connectivity index is 1.06. The molecule has 2 aliphatic heterocycles. The Kier molecular flexibility index (Phi) is 7.19. The van der Waals surface area contributed by atoms with Crippen LogP contribution in [0.15, 0.2) is 54.7 Å².